The van der Waals surface area contributed by atoms with Gasteiger partial charge in [-0.05, 0) is 31.1 Å². The SMILES string of the molecule is CCCC1CCCCC1(OOCC(C)C)OOCC(C)C. The second kappa shape index (κ2) is 9.78. The van der Waals surface area contributed by atoms with Crippen molar-refractivity contribution in [2.45, 2.75) is 78.9 Å². The van der Waals surface area contributed by atoms with Crippen LogP contribution in [0.5, 0.6) is 0 Å². The highest BCUT2D eigenvalue weighted by molar-refractivity contribution is 4.82. The minimum atomic E-state index is -0.724. The predicted molar refractivity (Wildman–Crippen MR) is 83.3 cm³/mol. The summed E-state index contributed by atoms with van der Waals surface area (Å²) in [7, 11) is 0. The highest BCUT2D eigenvalue weighted by Crippen LogP contribution is 2.41. The van der Waals surface area contributed by atoms with Crippen LogP contribution in [-0.4, -0.2) is 19.0 Å². The normalized spacial score (nSPS) is 22.1. The van der Waals surface area contributed by atoms with Gasteiger partial charge in [0, 0.05) is 12.3 Å². The first kappa shape index (κ1) is 18.9. The standard InChI is InChI=1S/C17H34O4/c1-6-9-16-10-7-8-11-17(16,20-18-12-14(2)3)21-19-13-15(4)5/h14-16H,6-13H2,1-5H3. The summed E-state index contributed by atoms with van der Waals surface area (Å²) in [5.74, 6) is 0.493. The molecule has 1 aliphatic rings. The summed E-state index contributed by atoms with van der Waals surface area (Å²) in [6, 6.07) is 0. The third-order valence-electron chi connectivity index (χ3n) is 3.79. The van der Waals surface area contributed by atoms with Crippen molar-refractivity contribution in [3.8, 4) is 0 Å². The Labute approximate surface area is 130 Å². The monoisotopic (exact) mass is 302 g/mol. The first-order chi connectivity index (χ1) is 10.00. The van der Waals surface area contributed by atoms with Gasteiger partial charge in [-0.15, -0.1) is 0 Å². The Bertz CT molecular complexity index is 250. The highest BCUT2D eigenvalue weighted by atomic mass is 17.3. The van der Waals surface area contributed by atoms with Crippen LogP contribution in [0.3, 0.4) is 0 Å². The van der Waals surface area contributed by atoms with Gasteiger partial charge in [0.15, 0.2) is 0 Å². The average Bonchev–Trinajstić information content (AvgIpc) is 2.41. The van der Waals surface area contributed by atoms with Crippen molar-refractivity contribution in [1.82, 2.24) is 0 Å². The van der Waals surface area contributed by atoms with Crippen molar-refractivity contribution in [1.29, 1.82) is 0 Å². The van der Waals surface area contributed by atoms with E-state index < -0.39 is 5.79 Å². The van der Waals surface area contributed by atoms with Gasteiger partial charge in [-0.1, -0.05) is 47.5 Å². The molecule has 0 saturated heterocycles. The molecule has 1 atom stereocenters. The minimum Gasteiger partial charge on any atom is -0.233 e. The molecule has 0 bridgehead atoms. The molecule has 4 heteroatoms. The summed E-state index contributed by atoms with van der Waals surface area (Å²) in [6.07, 6.45) is 6.48. The van der Waals surface area contributed by atoms with Gasteiger partial charge >= 0.3 is 0 Å². The van der Waals surface area contributed by atoms with Crippen molar-refractivity contribution in [3.63, 3.8) is 0 Å². The van der Waals surface area contributed by atoms with Gasteiger partial charge in [0.05, 0.1) is 13.2 Å². The van der Waals surface area contributed by atoms with E-state index in [1.54, 1.807) is 0 Å². The van der Waals surface area contributed by atoms with Gasteiger partial charge in [0.25, 0.3) is 0 Å². The molecule has 0 heterocycles. The van der Waals surface area contributed by atoms with Crippen LogP contribution in [0.2, 0.25) is 0 Å². The molecule has 4 nitrogen and oxygen atoms in total. The molecule has 0 aliphatic heterocycles. The Kier molecular flexibility index (Phi) is 8.79. The number of hydrogen-bond donors (Lipinski definition) is 0. The Morgan fingerprint density at radius 2 is 1.52 bits per heavy atom. The van der Waals surface area contributed by atoms with Crippen LogP contribution in [0.15, 0.2) is 0 Å². The lowest BCUT2D eigenvalue weighted by Crippen LogP contribution is -2.46. The van der Waals surface area contributed by atoms with Gasteiger partial charge in [-0.2, -0.15) is 9.78 Å². The average molecular weight is 302 g/mol. The van der Waals surface area contributed by atoms with Crippen LogP contribution in [0, 0.1) is 17.8 Å². The zero-order valence-electron chi connectivity index (χ0n) is 14.5. The van der Waals surface area contributed by atoms with Gasteiger partial charge in [0.1, 0.15) is 0 Å². The molecule has 0 aromatic heterocycles. The summed E-state index contributed by atoms with van der Waals surface area (Å²) >= 11 is 0. The highest BCUT2D eigenvalue weighted by Gasteiger charge is 2.45. The molecule has 0 radical (unpaired) electrons. The third kappa shape index (κ3) is 6.64. The molecule has 1 rings (SSSR count). The molecule has 1 saturated carbocycles. The van der Waals surface area contributed by atoms with E-state index in [1.165, 1.54) is 6.42 Å². The van der Waals surface area contributed by atoms with Crippen LogP contribution >= 0.6 is 0 Å². The summed E-state index contributed by atoms with van der Waals surface area (Å²) in [6.45, 7) is 11.8. The molecule has 1 fully saturated rings. The Morgan fingerprint density at radius 1 is 0.952 bits per heavy atom. The zero-order valence-corrected chi connectivity index (χ0v) is 14.5. The fraction of sp³-hybridized carbons (Fsp3) is 1.00. The van der Waals surface area contributed by atoms with Gasteiger partial charge in [0.2, 0.25) is 5.79 Å². The number of hydrogen-bond acceptors (Lipinski definition) is 4. The molecule has 1 aliphatic carbocycles. The van der Waals surface area contributed by atoms with Crippen LogP contribution in [-0.2, 0) is 19.6 Å². The van der Waals surface area contributed by atoms with Crippen molar-refractivity contribution in [2.75, 3.05) is 13.2 Å². The minimum absolute atomic E-state index is 0.343. The number of rotatable bonds is 10. The van der Waals surface area contributed by atoms with E-state index >= 15 is 0 Å². The summed E-state index contributed by atoms with van der Waals surface area (Å²) < 4.78 is 0. The van der Waals surface area contributed by atoms with E-state index in [4.69, 9.17) is 19.6 Å². The fourth-order valence-electron chi connectivity index (χ4n) is 2.67. The lowest BCUT2D eigenvalue weighted by Gasteiger charge is -2.40. The second-order valence-electron chi connectivity index (χ2n) is 7.07. The van der Waals surface area contributed by atoms with Gasteiger partial charge < -0.3 is 0 Å². The first-order valence-electron chi connectivity index (χ1n) is 8.61. The van der Waals surface area contributed by atoms with Crippen molar-refractivity contribution in [2.24, 2.45) is 17.8 Å². The molecule has 21 heavy (non-hydrogen) atoms. The molecule has 126 valence electrons. The molecule has 0 spiro atoms. The predicted octanol–water partition coefficient (Wildman–Crippen LogP) is 4.88. The summed E-state index contributed by atoms with van der Waals surface area (Å²) in [5, 5.41) is 0. The fourth-order valence-corrected chi connectivity index (χ4v) is 2.67. The van der Waals surface area contributed by atoms with Crippen LogP contribution in [0.4, 0.5) is 0 Å². The van der Waals surface area contributed by atoms with Gasteiger partial charge in [-0.3, -0.25) is 0 Å². The maximum absolute atomic E-state index is 5.78. The zero-order chi connectivity index (χ0) is 15.7. The topological polar surface area (TPSA) is 36.9 Å². The van der Waals surface area contributed by atoms with Crippen molar-refractivity contribution in [3.05, 3.63) is 0 Å². The maximum Gasteiger partial charge on any atom is 0.236 e. The Balaban J connectivity index is 2.64. The summed E-state index contributed by atoms with van der Waals surface area (Å²) in [4.78, 5) is 22.5. The molecule has 0 aromatic rings. The van der Waals surface area contributed by atoms with E-state index in [-0.39, 0.29) is 0 Å². The van der Waals surface area contributed by atoms with Crippen LogP contribution in [0.25, 0.3) is 0 Å². The van der Waals surface area contributed by atoms with Crippen LogP contribution in [0.1, 0.15) is 73.1 Å². The molecular weight excluding hydrogens is 268 g/mol. The smallest absolute Gasteiger partial charge is 0.233 e. The second-order valence-corrected chi connectivity index (χ2v) is 7.07. The van der Waals surface area contributed by atoms with E-state index in [1.807, 2.05) is 0 Å². The molecular formula is C17H34O4. The van der Waals surface area contributed by atoms with E-state index in [0.717, 1.165) is 32.1 Å². The quantitative estimate of drug-likeness (QED) is 0.327. The van der Waals surface area contributed by atoms with E-state index in [2.05, 4.69) is 34.6 Å². The maximum atomic E-state index is 5.78. The molecule has 0 N–H and O–H groups in total. The Morgan fingerprint density at radius 3 is 2.00 bits per heavy atom. The molecule has 0 amide bonds. The van der Waals surface area contributed by atoms with Crippen LogP contribution < -0.4 is 0 Å². The molecule has 1 unspecified atom stereocenters. The van der Waals surface area contributed by atoms with E-state index in [0.29, 0.717) is 31.0 Å². The summed E-state index contributed by atoms with van der Waals surface area (Å²) in [5.41, 5.74) is 0. The first-order valence-corrected chi connectivity index (χ1v) is 8.61. The third-order valence-corrected chi connectivity index (χ3v) is 3.79. The lowest BCUT2D eigenvalue weighted by molar-refractivity contribution is -0.531. The Hall–Kier alpha value is -0.160. The van der Waals surface area contributed by atoms with Crippen molar-refractivity contribution >= 4 is 0 Å². The van der Waals surface area contributed by atoms with Gasteiger partial charge in [-0.25, -0.2) is 9.78 Å². The van der Waals surface area contributed by atoms with Crippen molar-refractivity contribution < 1.29 is 19.6 Å². The largest absolute Gasteiger partial charge is 0.236 e. The van der Waals surface area contributed by atoms with E-state index in [9.17, 15) is 0 Å². The lowest BCUT2D eigenvalue weighted by atomic mass is 9.81. The molecule has 0 aromatic carbocycles.